The lowest BCUT2D eigenvalue weighted by molar-refractivity contribution is 0.416. The molecule has 0 heterocycles. The number of hydrogen-bond acceptors (Lipinski definition) is 3. The molecular weight excluding hydrogens is 212 g/mol. The molecule has 0 bridgehead atoms. The van der Waals surface area contributed by atoms with Crippen LogP contribution in [0.4, 0.5) is 0 Å². The molecule has 0 fully saturated rings. The first-order chi connectivity index (χ1) is 8.35. The van der Waals surface area contributed by atoms with Crippen LogP contribution in [-0.2, 0) is 0 Å². The normalized spacial score (nSPS) is 10.6. The second-order valence-electron chi connectivity index (χ2n) is 3.60. The van der Waals surface area contributed by atoms with Gasteiger partial charge in [0.25, 0.3) is 0 Å². The van der Waals surface area contributed by atoms with E-state index in [0.717, 1.165) is 22.4 Å². The summed E-state index contributed by atoms with van der Waals surface area (Å²) in [5.74, 6) is 6.00. The van der Waals surface area contributed by atoms with Crippen LogP contribution in [0.2, 0.25) is 0 Å². The van der Waals surface area contributed by atoms with Crippen molar-refractivity contribution in [2.24, 2.45) is 10.9 Å². The van der Waals surface area contributed by atoms with Crippen molar-refractivity contribution < 1.29 is 4.74 Å². The molecule has 2 aromatic rings. The van der Waals surface area contributed by atoms with Gasteiger partial charge in [-0.15, -0.1) is 0 Å². The Morgan fingerprint density at radius 3 is 2.53 bits per heavy atom. The lowest BCUT2D eigenvalue weighted by atomic mass is 10.0. The van der Waals surface area contributed by atoms with Crippen LogP contribution in [0.1, 0.15) is 5.56 Å². The highest BCUT2D eigenvalue weighted by Gasteiger charge is 2.05. The first kappa shape index (κ1) is 11.2. The summed E-state index contributed by atoms with van der Waals surface area (Å²) in [6.07, 6.45) is 1.62. The number of methoxy groups -OCH3 is 1. The van der Waals surface area contributed by atoms with Gasteiger partial charge in [0.2, 0.25) is 0 Å². The number of nitrogens with zero attached hydrogens (tertiary/aromatic N) is 1. The third-order valence-corrected chi connectivity index (χ3v) is 2.53. The van der Waals surface area contributed by atoms with Crippen molar-refractivity contribution in [2.45, 2.75) is 0 Å². The van der Waals surface area contributed by atoms with Gasteiger partial charge < -0.3 is 10.6 Å². The summed E-state index contributed by atoms with van der Waals surface area (Å²) >= 11 is 0. The molecule has 2 aromatic carbocycles. The largest absolute Gasteiger partial charge is 0.496 e. The van der Waals surface area contributed by atoms with Crippen molar-refractivity contribution in [3.05, 3.63) is 54.1 Å². The molecule has 17 heavy (non-hydrogen) atoms. The summed E-state index contributed by atoms with van der Waals surface area (Å²) in [5, 5.41) is 3.53. The summed E-state index contributed by atoms with van der Waals surface area (Å²) in [6.45, 7) is 0. The Morgan fingerprint density at radius 2 is 1.88 bits per heavy atom. The quantitative estimate of drug-likeness (QED) is 0.497. The van der Waals surface area contributed by atoms with Crippen LogP contribution in [0.5, 0.6) is 5.75 Å². The Balaban J connectivity index is 2.53. The Labute approximate surface area is 101 Å². The van der Waals surface area contributed by atoms with Crippen LogP contribution in [0.3, 0.4) is 0 Å². The fraction of sp³-hybridized carbons (Fsp3) is 0.0714. The molecule has 0 saturated carbocycles. The highest BCUT2D eigenvalue weighted by Crippen LogP contribution is 2.30. The average Bonchev–Trinajstić information content (AvgIpc) is 2.40. The number of benzene rings is 2. The SMILES string of the molecule is COc1ccc(C=NN)cc1-c1ccccc1. The van der Waals surface area contributed by atoms with Gasteiger partial charge in [0.1, 0.15) is 5.75 Å². The van der Waals surface area contributed by atoms with Crippen molar-refractivity contribution in [1.82, 2.24) is 0 Å². The highest BCUT2D eigenvalue weighted by atomic mass is 16.5. The summed E-state index contributed by atoms with van der Waals surface area (Å²) in [4.78, 5) is 0. The van der Waals surface area contributed by atoms with Gasteiger partial charge in [-0.05, 0) is 29.3 Å². The number of rotatable bonds is 3. The van der Waals surface area contributed by atoms with Crippen molar-refractivity contribution >= 4 is 6.21 Å². The molecule has 0 unspecified atom stereocenters. The first-order valence-corrected chi connectivity index (χ1v) is 5.32. The van der Waals surface area contributed by atoms with Gasteiger partial charge in [-0.3, -0.25) is 0 Å². The maximum absolute atomic E-state index is 5.36. The molecule has 0 spiro atoms. The van der Waals surface area contributed by atoms with Crippen LogP contribution in [0.25, 0.3) is 11.1 Å². The molecule has 0 radical (unpaired) electrons. The maximum atomic E-state index is 5.36. The summed E-state index contributed by atoms with van der Waals surface area (Å²) in [6, 6.07) is 15.9. The monoisotopic (exact) mass is 226 g/mol. The molecule has 0 aliphatic carbocycles. The van der Waals surface area contributed by atoms with Crippen LogP contribution >= 0.6 is 0 Å². The fourth-order valence-corrected chi connectivity index (χ4v) is 1.74. The predicted octanol–water partition coefficient (Wildman–Crippen LogP) is 2.65. The smallest absolute Gasteiger partial charge is 0.126 e. The third-order valence-electron chi connectivity index (χ3n) is 2.53. The van der Waals surface area contributed by atoms with E-state index < -0.39 is 0 Å². The molecule has 0 aromatic heterocycles. The van der Waals surface area contributed by atoms with Crippen molar-refractivity contribution in [1.29, 1.82) is 0 Å². The summed E-state index contributed by atoms with van der Waals surface area (Å²) in [5.41, 5.74) is 3.09. The van der Waals surface area contributed by atoms with Gasteiger partial charge in [-0.2, -0.15) is 5.10 Å². The number of hydrogen-bond donors (Lipinski definition) is 1. The predicted molar refractivity (Wildman–Crippen MR) is 70.2 cm³/mol. The minimum Gasteiger partial charge on any atom is -0.496 e. The van der Waals surface area contributed by atoms with Gasteiger partial charge in [0.15, 0.2) is 0 Å². The van der Waals surface area contributed by atoms with Gasteiger partial charge in [-0.1, -0.05) is 30.3 Å². The van der Waals surface area contributed by atoms with E-state index in [2.05, 4.69) is 5.10 Å². The molecule has 3 nitrogen and oxygen atoms in total. The molecule has 86 valence electrons. The Kier molecular flexibility index (Phi) is 3.40. The number of ether oxygens (including phenoxy) is 1. The third kappa shape index (κ3) is 2.45. The van der Waals surface area contributed by atoms with E-state index in [-0.39, 0.29) is 0 Å². The number of hydrazone groups is 1. The molecule has 0 aliphatic heterocycles. The van der Waals surface area contributed by atoms with Crippen molar-refractivity contribution in [2.75, 3.05) is 7.11 Å². The van der Waals surface area contributed by atoms with Crippen LogP contribution in [0, 0.1) is 0 Å². The second-order valence-corrected chi connectivity index (χ2v) is 3.60. The lowest BCUT2D eigenvalue weighted by Gasteiger charge is -2.09. The molecule has 0 aliphatic rings. The molecule has 0 saturated heterocycles. The van der Waals surface area contributed by atoms with E-state index in [1.54, 1.807) is 13.3 Å². The molecule has 0 atom stereocenters. The van der Waals surface area contributed by atoms with E-state index in [4.69, 9.17) is 10.6 Å². The molecule has 2 rings (SSSR count). The van der Waals surface area contributed by atoms with Gasteiger partial charge in [0.05, 0.1) is 13.3 Å². The van der Waals surface area contributed by atoms with Crippen LogP contribution in [-0.4, -0.2) is 13.3 Å². The van der Waals surface area contributed by atoms with E-state index in [0.29, 0.717) is 0 Å². The standard InChI is InChI=1S/C14H14N2O/c1-17-14-8-7-11(10-16-15)9-13(14)12-5-3-2-4-6-12/h2-10H,15H2,1H3. The first-order valence-electron chi connectivity index (χ1n) is 5.32. The van der Waals surface area contributed by atoms with E-state index >= 15 is 0 Å². The van der Waals surface area contributed by atoms with Gasteiger partial charge in [-0.25, -0.2) is 0 Å². The minimum absolute atomic E-state index is 0.838. The van der Waals surface area contributed by atoms with Gasteiger partial charge in [0, 0.05) is 5.56 Å². The zero-order chi connectivity index (χ0) is 12.1. The highest BCUT2D eigenvalue weighted by molar-refractivity contribution is 5.84. The van der Waals surface area contributed by atoms with E-state index in [9.17, 15) is 0 Å². The molecule has 0 amide bonds. The fourth-order valence-electron chi connectivity index (χ4n) is 1.74. The maximum Gasteiger partial charge on any atom is 0.126 e. The topological polar surface area (TPSA) is 47.6 Å². The second kappa shape index (κ2) is 5.16. The summed E-state index contributed by atoms with van der Waals surface area (Å²) < 4.78 is 5.36. The van der Waals surface area contributed by atoms with Crippen LogP contribution < -0.4 is 10.6 Å². The number of nitrogens with two attached hydrogens (primary N) is 1. The van der Waals surface area contributed by atoms with Crippen LogP contribution in [0.15, 0.2) is 53.6 Å². The van der Waals surface area contributed by atoms with Gasteiger partial charge >= 0.3 is 0 Å². The van der Waals surface area contributed by atoms with E-state index in [1.807, 2.05) is 48.5 Å². The zero-order valence-corrected chi connectivity index (χ0v) is 9.63. The zero-order valence-electron chi connectivity index (χ0n) is 9.63. The molecular formula is C14H14N2O. The Hall–Kier alpha value is -2.29. The lowest BCUT2D eigenvalue weighted by Crippen LogP contribution is -1.91. The summed E-state index contributed by atoms with van der Waals surface area (Å²) in [7, 11) is 1.67. The Morgan fingerprint density at radius 1 is 1.12 bits per heavy atom. The Bertz CT molecular complexity index is 521. The average molecular weight is 226 g/mol. The molecule has 3 heteroatoms. The minimum atomic E-state index is 0.838. The molecule has 2 N–H and O–H groups in total. The van der Waals surface area contributed by atoms with Crippen molar-refractivity contribution in [3.63, 3.8) is 0 Å². The van der Waals surface area contributed by atoms with Crippen molar-refractivity contribution in [3.8, 4) is 16.9 Å². The van der Waals surface area contributed by atoms with E-state index in [1.165, 1.54) is 0 Å².